The largest absolute Gasteiger partial charge is 0.486 e. The molecule has 1 amide bonds. The number of carbonyl (C=O) groups is 1. The lowest BCUT2D eigenvalue weighted by Gasteiger charge is -2.27. The van der Waals surface area contributed by atoms with Crippen molar-refractivity contribution in [1.82, 2.24) is 10.0 Å². The van der Waals surface area contributed by atoms with E-state index >= 15 is 0 Å². The molecule has 0 radical (unpaired) electrons. The van der Waals surface area contributed by atoms with Crippen molar-refractivity contribution in [3.05, 3.63) is 53.6 Å². The third-order valence-electron chi connectivity index (χ3n) is 3.92. The van der Waals surface area contributed by atoms with Gasteiger partial charge in [0, 0.05) is 5.02 Å². The summed E-state index contributed by atoms with van der Waals surface area (Å²) in [7, 11) is -3.83. The number of amides is 1. The second-order valence-corrected chi connectivity index (χ2v) is 8.19. The first-order valence-corrected chi connectivity index (χ1v) is 10.2. The van der Waals surface area contributed by atoms with Crippen LogP contribution in [0, 0.1) is 0 Å². The molecule has 7 nitrogen and oxygen atoms in total. The number of fused-ring (bicyclic) bond motifs is 1. The molecule has 1 aliphatic rings. The second-order valence-electron chi connectivity index (χ2n) is 6.04. The number of benzene rings is 2. The van der Waals surface area contributed by atoms with Crippen molar-refractivity contribution in [2.75, 3.05) is 13.2 Å². The van der Waals surface area contributed by atoms with Crippen LogP contribution in [0.15, 0.2) is 53.4 Å². The van der Waals surface area contributed by atoms with E-state index in [0.717, 1.165) is 0 Å². The standard InChI is InChI=1S/C18H19ClN2O5S/c1-12(21-27(23,24)15-8-6-13(19)7-9-15)18(22)20-10-14-11-25-16-4-2-3-5-17(16)26-14/h2-9,12,14,21H,10-11H2,1H3,(H,20,22). The van der Waals surface area contributed by atoms with E-state index in [9.17, 15) is 13.2 Å². The van der Waals surface area contributed by atoms with Crippen LogP contribution in [0.2, 0.25) is 5.02 Å². The molecule has 0 spiro atoms. The van der Waals surface area contributed by atoms with Crippen LogP contribution in [-0.2, 0) is 14.8 Å². The Balaban J connectivity index is 1.53. The molecule has 2 atom stereocenters. The van der Waals surface area contributed by atoms with Crippen LogP contribution in [0.1, 0.15) is 6.92 Å². The van der Waals surface area contributed by atoms with Crippen LogP contribution in [0.5, 0.6) is 11.5 Å². The monoisotopic (exact) mass is 410 g/mol. The van der Waals surface area contributed by atoms with E-state index in [2.05, 4.69) is 10.0 Å². The van der Waals surface area contributed by atoms with Gasteiger partial charge in [0.2, 0.25) is 15.9 Å². The molecule has 144 valence electrons. The quantitative estimate of drug-likeness (QED) is 0.759. The van der Waals surface area contributed by atoms with E-state index in [0.29, 0.717) is 23.1 Å². The summed E-state index contributed by atoms with van der Waals surface area (Å²) in [5.74, 6) is 0.804. The molecule has 0 saturated carbocycles. The fraction of sp³-hybridized carbons (Fsp3) is 0.278. The molecule has 0 saturated heterocycles. The van der Waals surface area contributed by atoms with Crippen LogP contribution in [0.4, 0.5) is 0 Å². The van der Waals surface area contributed by atoms with Gasteiger partial charge in [-0.15, -0.1) is 0 Å². The molecule has 0 aromatic heterocycles. The molecule has 2 N–H and O–H groups in total. The molecule has 2 aromatic rings. The Morgan fingerprint density at radius 2 is 1.85 bits per heavy atom. The smallest absolute Gasteiger partial charge is 0.241 e. The summed E-state index contributed by atoms with van der Waals surface area (Å²) in [6.07, 6.45) is -0.357. The van der Waals surface area contributed by atoms with Crippen molar-refractivity contribution in [2.24, 2.45) is 0 Å². The predicted octanol–water partition coefficient (Wildman–Crippen LogP) is 1.96. The van der Waals surface area contributed by atoms with Gasteiger partial charge in [0.15, 0.2) is 11.5 Å². The summed E-state index contributed by atoms with van der Waals surface area (Å²) in [5, 5.41) is 3.10. The van der Waals surface area contributed by atoms with E-state index in [1.54, 1.807) is 12.1 Å². The highest BCUT2D eigenvalue weighted by molar-refractivity contribution is 7.89. The third-order valence-corrected chi connectivity index (χ3v) is 5.73. The van der Waals surface area contributed by atoms with Crippen LogP contribution >= 0.6 is 11.6 Å². The first-order valence-electron chi connectivity index (χ1n) is 8.29. The lowest BCUT2D eigenvalue weighted by molar-refractivity contribution is -0.122. The van der Waals surface area contributed by atoms with Gasteiger partial charge in [0.1, 0.15) is 12.7 Å². The van der Waals surface area contributed by atoms with Gasteiger partial charge in [-0.3, -0.25) is 4.79 Å². The summed E-state index contributed by atoms with van der Waals surface area (Å²) in [6.45, 7) is 1.96. The van der Waals surface area contributed by atoms with Crippen molar-refractivity contribution in [3.8, 4) is 11.5 Å². The summed E-state index contributed by atoms with van der Waals surface area (Å²) in [5.41, 5.74) is 0. The maximum Gasteiger partial charge on any atom is 0.241 e. The fourth-order valence-electron chi connectivity index (χ4n) is 2.50. The van der Waals surface area contributed by atoms with E-state index in [1.165, 1.54) is 31.2 Å². The Labute approximate surface area is 162 Å². The fourth-order valence-corrected chi connectivity index (χ4v) is 3.83. The zero-order valence-electron chi connectivity index (χ0n) is 14.5. The molecule has 3 rings (SSSR count). The molecule has 0 fully saturated rings. The van der Waals surface area contributed by atoms with Gasteiger partial charge >= 0.3 is 0 Å². The van der Waals surface area contributed by atoms with E-state index < -0.39 is 22.0 Å². The number of nitrogens with one attached hydrogen (secondary N) is 2. The van der Waals surface area contributed by atoms with Gasteiger partial charge in [0.25, 0.3) is 0 Å². The molecule has 9 heteroatoms. The Hall–Kier alpha value is -2.29. The number of carbonyl (C=O) groups excluding carboxylic acids is 1. The normalized spacial score (nSPS) is 17.2. The number of ether oxygens (including phenoxy) is 2. The lowest BCUT2D eigenvalue weighted by Crippen LogP contribution is -2.48. The maximum absolute atomic E-state index is 12.3. The Kier molecular flexibility index (Phi) is 5.88. The number of para-hydroxylation sites is 2. The SMILES string of the molecule is CC(NS(=O)(=O)c1ccc(Cl)cc1)C(=O)NCC1COc2ccccc2O1. The minimum absolute atomic E-state index is 0.0344. The average molecular weight is 411 g/mol. The molecular formula is C18H19ClN2O5S. The van der Waals surface area contributed by atoms with Gasteiger partial charge in [-0.05, 0) is 43.3 Å². The number of hydrogen-bond acceptors (Lipinski definition) is 5. The number of rotatable bonds is 6. The summed E-state index contributed by atoms with van der Waals surface area (Å²) in [6, 6.07) is 12.0. The predicted molar refractivity (Wildman–Crippen MR) is 101 cm³/mol. The molecule has 0 aliphatic carbocycles. The summed E-state index contributed by atoms with van der Waals surface area (Å²) >= 11 is 5.76. The first kappa shape index (κ1) is 19.5. The Bertz CT molecular complexity index is 918. The third kappa shape index (κ3) is 4.91. The molecule has 1 heterocycles. The van der Waals surface area contributed by atoms with Crippen LogP contribution in [0.3, 0.4) is 0 Å². The summed E-state index contributed by atoms with van der Waals surface area (Å²) in [4.78, 5) is 12.3. The maximum atomic E-state index is 12.3. The van der Waals surface area contributed by atoms with Crippen molar-refractivity contribution < 1.29 is 22.7 Å². The van der Waals surface area contributed by atoms with Crippen molar-refractivity contribution in [1.29, 1.82) is 0 Å². The van der Waals surface area contributed by atoms with E-state index in [4.69, 9.17) is 21.1 Å². The van der Waals surface area contributed by atoms with Crippen molar-refractivity contribution in [3.63, 3.8) is 0 Å². The first-order chi connectivity index (χ1) is 12.8. The Morgan fingerprint density at radius 3 is 2.56 bits per heavy atom. The van der Waals surface area contributed by atoms with Gasteiger partial charge in [0.05, 0.1) is 17.5 Å². The van der Waals surface area contributed by atoms with E-state index in [1.807, 2.05) is 12.1 Å². The molecule has 2 unspecified atom stereocenters. The molecule has 1 aliphatic heterocycles. The van der Waals surface area contributed by atoms with Gasteiger partial charge < -0.3 is 14.8 Å². The highest BCUT2D eigenvalue weighted by atomic mass is 35.5. The Morgan fingerprint density at radius 1 is 1.19 bits per heavy atom. The second kappa shape index (κ2) is 8.16. The summed E-state index contributed by atoms with van der Waals surface area (Å²) < 4.78 is 38.3. The van der Waals surface area contributed by atoms with Gasteiger partial charge in [-0.1, -0.05) is 23.7 Å². The minimum Gasteiger partial charge on any atom is -0.486 e. The van der Waals surface area contributed by atoms with Gasteiger partial charge in [-0.2, -0.15) is 4.72 Å². The zero-order chi connectivity index (χ0) is 19.4. The molecular weight excluding hydrogens is 392 g/mol. The minimum atomic E-state index is -3.83. The molecule has 0 bridgehead atoms. The molecule has 2 aromatic carbocycles. The topological polar surface area (TPSA) is 93.7 Å². The van der Waals surface area contributed by atoms with Crippen LogP contribution in [-0.4, -0.2) is 39.6 Å². The van der Waals surface area contributed by atoms with Crippen LogP contribution < -0.4 is 19.5 Å². The zero-order valence-corrected chi connectivity index (χ0v) is 16.1. The highest BCUT2D eigenvalue weighted by Crippen LogP contribution is 2.30. The molecule has 27 heavy (non-hydrogen) atoms. The lowest BCUT2D eigenvalue weighted by atomic mass is 10.2. The van der Waals surface area contributed by atoms with Crippen molar-refractivity contribution >= 4 is 27.5 Å². The van der Waals surface area contributed by atoms with Crippen LogP contribution in [0.25, 0.3) is 0 Å². The van der Waals surface area contributed by atoms with Crippen molar-refractivity contribution in [2.45, 2.75) is 24.0 Å². The number of sulfonamides is 1. The average Bonchev–Trinajstić information content (AvgIpc) is 2.66. The number of halogens is 1. The van der Waals surface area contributed by atoms with Gasteiger partial charge in [-0.25, -0.2) is 8.42 Å². The highest BCUT2D eigenvalue weighted by Gasteiger charge is 2.25. The number of hydrogen-bond donors (Lipinski definition) is 2. The van der Waals surface area contributed by atoms with E-state index in [-0.39, 0.29) is 17.5 Å².